The number of rotatable bonds is 2. The van der Waals surface area contributed by atoms with Gasteiger partial charge < -0.3 is 4.43 Å². The van der Waals surface area contributed by atoms with Gasteiger partial charge >= 0.3 is 0 Å². The van der Waals surface area contributed by atoms with E-state index in [2.05, 4.69) is 32.5 Å². The lowest BCUT2D eigenvalue weighted by molar-refractivity contribution is -0.116. The Bertz CT molecular complexity index is 681. The molecule has 26 heavy (non-hydrogen) atoms. The van der Waals surface area contributed by atoms with E-state index < -0.39 is 8.32 Å². The quantitative estimate of drug-likeness (QED) is 0.484. The summed E-state index contributed by atoms with van der Waals surface area (Å²) in [6.07, 6.45) is 17.1. The Morgan fingerprint density at radius 1 is 1.12 bits per heavy atom. The predicted molar refractivity (Wildman–Crippen MR) is 108 cm³/mol. The molecule has 6 atom stereocenters. The Kier molecular flexibility index (Phi) is 4.32. The maximum atomic E-state index is 11.9. The van der Waals surface area contributed by atoms with Crippen molar-refractivity contribution in [2.75, 3.05) is 0 Å². The molecule has 0 radical (unpaired) electrons. The fourth-order valence-corrected chi connectivity index (χ4v) is 8.58. The van der Waals surface area contributed by atoms with Crippen molar-refractivity contribution in [3.8, 4) is 12.3 Å². The summed E-state index contributed by atoms with van der Waals surface area (Å²) in [4.78, 5) is 11.9. The third kappa shape index (κ3) is 2.68. The van der Waals surface area contributed by atoms with Crippen molar-refractivity contribution in [1.29, 1.82) is 0 Å². The molecule has 3 heteroatoms. The van der Waals surface area contributed by atoms with Crippen LogP contribution in [0.5, 0.6) is 0 Å². The summed E-state index contributed by atoms with van der Waals surface area (Å²) in [5.41, 5.74) is 1.23. The zero-order valence-corrected chi connectivity index (χ0v) is 17.9. The molecular formula is C23H34O2Si. The Hall–Kier alpha value is -0.853. The van der Waals surface area contributed by atoms with Crippen LogP contribution in [0.25, 0.3) is 0 Å². The topological polar surface area (TPSA) is 26.3 Å². The monoisotopic (exact) mass is 370 g/mol. The number of hydrogen-bond acceptors (Lipinski definition) is 2. The van der Waals surface area contributed by atoms with Crippen molar-refractivity contribution in [1.82, 2.24) is 0 Å². The summed E-state index contributed by atoms with van der Waals surface area (Å²) in [7, 11) is -1.71. The third-order valence-corrected chi connectivity index (χ3v) is 9.09. The van der Waals surface area contributed by atoms with E-state index in [1.165, 1.54) is 31.3 Å². The summed E-state index contributed by atoms with van der Waals surface area (Å²) < 4.78 is 6.76. The van der Waals surface area contributed by atoms with E-state index in [1.54, 1.807) is 0 Å². The van der Waals surface area contributed by atoms with Gasteiger partial charge in [-0.3, -0.25) is 4.79 Å². The van der Waals surface area contributed by atoms with E-state index in [-0.39, 0.29) is 11.0 Å². The molecule has 0 aromatic heterocycles. The van der Waals surface area contributed by atoms with Gasteiger partial charge in [0.05, 0.1) is 0 Å². The number of carbonyl (C=O) groups excluding carboxylic acids is 1. The predicted octanol–water partition coefficient (Wildman–Crippen LogP) is 5.35. The summed E-state index contributed by atoms with van der Waals surface area (Å²) >= 11 is 0. The minimum atomic E-state index is -1.71. The fourth-order valence-electron chi connectivity index (χ4n) is 7.14. The number of fused-ring (bicyclic) bond motifs is 5. The van der Waals surface area contributed by atoms with Gasteiger partial charge in [0.25, 0.3) is 0 Å². The smallest absolute Gasteiger partial charge is 0.185 e. The summed E-state index contributed by atoms with van der Waals surface area (Å²) in [5.74, 6) is 6.42. The number of allylic oxidation sites excluding steroid dienone is 1. The molecule has 3 fully saturated rings. The zero-order chi connectivity index (χ0) is 18.7. The molecule has 0 spiro atoms. The Labute approximate surface area is 160 Å². The van der Waals surface area contributed by atoms with Gasteiger partial charge in [0.15, 0.2) is 14.1 Å². The van der Waals surface area contributed by atoms with Crippen LogP contribution < -0.4 is 0 Å². The lowest BCUT2D eigenvalue weighted by atomic mass is 9.50. The summed E-state index contributed by atoms with van der Waals surface area (Å²) in [6, 6.07) is 0. The first-order valence-corrected chi connectivity index (χ1v) is 14.0. The van der Waals surface area contributed by atoms with Crippen LogP contribution in [0.1, 0.15) is 58.3 Å². The highest BCUT2D eigenvalue weighted by Gasteiger charge is 2.63. The molecule has 142 valence electrons. The number of hydrogen-bond donors (Lipinski definition) is 0. The second-order valence-electron chi connectivity index (χ2n) is 10.5. The molecule has 4 aliphatic carbocycles. The van der Waals surface area contributed by atoms with Gasteiger partial charge in [-0.1, -0.05) is 18.4 Å². The number of terminal acetylenes is 1. The normalized spacial score (nSPS) is 45.2. The summed E-state index contributed by atoms with van der Waals surface area (Å²) in [6.45, 7) is 9.25. The van der Waals surface area contributed by atoms with Crippen LogP contribution in [0, 0.1) is 41.4 Å². The van der Waals surface area contributed by atoms with Crippen molar-refractivity contribution in [2.24, 2.45) is 29.1 Å². The van der Waals surface area contributed by atoms with E-state index in [9.17, 15) is 4.79 Å². The molecule has 0 saturated heterocycles. The molecule has 0 aromatic rings. The van der Waals surface area contributed by atoms with Gasteiger partial charge in [0, 0.05) is 11.8 Å². The van der Waals surface area contributed by atoms with E-state index >= 15 is 0 Å². The van der Waals surface area contributed by atoms with Crippen LogP contribution in [0.2, 0.25) is 19.6 Å². The zero-order valence-electron chi connectivity index (χ0n) is 16.9. The van der Waals surface area contributed by atoms with Gasteiger partial charge in [0.1, 0.15) is 5.60 Å². The maximum absolute atomic E-state index is 11.9. The molecule has 0 aromatic carbocycles. The van der Waals surface area contributed by atoms with Crippen molar-refractivity contribution in [3.63, 3.8) is 0 Å². The second-order valence-corrected chi connectivity index (χ2v) is 14.9. The molecule has 0 N–H and O–H groups in total. The molecule has 0 bridgehead atoms. The van der Waals surface area contributed by atoms with Crippen molar-refractivity contribution in [3.05, 3.63) is 11.6 Å². The van der Waals surface area contributed by atoms with Gasteiger partial charge in [-0.2, -0.15) is 0 Å². The highest BCUT2D eigenvalue weighted by molar-refractivity contribution is 6.69. The van der Waals surface area contributed by atoms with Crippen molar-refractivity contribution in [2.45, 2.75) is 83.5 Å². The maximum Gasteiger partial charge on any atom is 0.185 e. The van der Waals surface area contributed by atoms with Crippen LogP contribution >= 0.6 is 0 Å². The standard InChI is InChI=1S/C23H34O2Si/c1-6-23(25-26(3,4)5)14-12-21-20-9-7-16-15-17(24)8-10-18(16)19(20)11-13-22(21,23)2/h1,15,18-21H,7-14H2,2-5H3/t18-,19+,20+,21-,22-,23-/m0/s1. The second kappa shape index (κ2) is 6.08. The van der Waals surface area contributed by atoms with E-state index in [0.29, 0.717) is 17.6 Å². The van der Waals surface area contributed by atoms with E-state index in [0.717, 1.165) is 37.5 Å². The highest BCUT2D eigenvalue weighted by Crippen LogP contribution is 2.66. The lowest BCUT2D eigenvalue weighted by Gasteiger charge is -2.56. The molecule has 2 nitrogen and oxygen atoms in total. The molecule has 0 amide bonds. The lowest BCUT2D eigenvalue weighted by Crippen LogP contribution is -2.56. The first-order chi connectivity index (χ1) is 12.2. The average molecular weight is 371 g/mol. The minimum Gasteiger partial charge on any atom is -0.401 e. The van der Waals surface area contributed by atoms with Crippen LogP contribution in [-0.2, 0) is 9.22 Å². The van der Waals surface area contributed by atoms with Crippen LogP contribution in [0.4, 0.5) is 0 Å². The summed E-state index contributed by atoms with van der Waals surface area (Å²) in [5, 5.41) is 0. The third-order valence-electron chi connectivity index (χ3n) is 8.13. The van der Waals surface area contributed by atoms with E-state index in [4.69, 9.17) is 10.8 Å². The molecule has 0 unspecified atom stereocenters. The fraction of sp³-hybridized carbons (Fsp3) is 0.783. The molecule has 4 rings (SSSR count). The van der Waals surface area contributed by atoms with Crippen molar-refractivity contribution < 1.29 is 9.22 Å². The Balaban J connectivity index is 1.64. The molecular weight excluding hydrogens is 336 g/mol. The van der Waals surface area contributed by atoms with Crippen LogP contribution in [-0.4, -0.2) is 19.7 Å². The van der Waals surface area contributed by atoms with Gasteiger partial charge in [0.2, 0.25) is 0 Å². The van der Waals surface area contributed by atoms with Crippen molar-refractivity contribution >= 4 is 14.1 Å². The largest absolute Gasteiger partial charge is 0.401 e. The Morgan fingerprint density at radius 3 is 2.58 bits per heavy atom. The molecule has 0 heterocycles. The molecule has 0 aliphatic heterocycles. The highest BCUT2D eigenvalue weighted by atomic mass is 28.4. The minimum absolute atomic E-state index is 0.120. The molecule has 3 saturated carbocycles. The SMILES string of the molecule is C#C[C@]1(O[Si](C)(C)C)CC[C@H]2[C@@H]3CCC4=CC(=O)CC[C@@H]4[C@H]3CC[C@@]21C. The first-order valence-electron chi connectivity index (χ1n) is 10.6. The average Bonchev–Trinajstić information content (AvgIpc) is 2.86. The first kappa shape index (κ1) is 18.5. The van der Waals surface area contributed by atoms with Crippen LogP contribution in [0.3, 0.4) is 0 Å². The van der Waals surface area contributed by atoms with E-state index in [1.807, 2.05) is 6.08 Å². The molecule has 4 aliphatic rings. The van der Waals surface area contributed by atoms with Gasteiger partial charge in [-0.15, -0.1) is 6.42 Å². The van der Waals surface area contributed by atoms with Crippen LogP contribution in [0.15, 0.2) is 11.6 Å². The Morgan fingerprint density at radius 2 is 1.88 bits per heavy atom. The van der Waals surface area contributed by atoms with Gasteiger partial charge in [-0.25, -0.2) is 0 Å². The van der Waals surface area contributed by atoms with Gasteiger partial charge in [-0.05, 0) is 94.3 Å². The number of ketones is 1. The number of carbonyl (C=O) groups is 1.